The lowest BCUT2D eigenvalue weighted by Gasteiger charge is -2.17. The monoisotopic (exact) mass is 369 g/mol. The molecule has 4 atom stereocenters. The standard InChI is InChI=1S/C21H23NO5/c23-21(22-11-15-7-3-1-4-8-15)27-18-14-26-19-17(13-25-20(18)19)24-12-16-9-5-2-6-10-16/h1-10,17-20H,11-14H2,(H,22,23)/t17-,18+,19-,20-/m1/s1. The van der Waals surface area contributed by atoms with Crippen LogP contribution in [0.3, 0.4) is 0 Å². The molecular formula is C21H23NO5. The maximum Gasteiger partial charge on any atom is 0.407 e. The van der Waals surface area contributed by atoms with Crippen molar-refractivity contribution < 1.29 is 23.7 Å². The highest BCUT2D eigenvalue weighted by atomic mass is 16.7. The summed E-state index contributed by atoms with van der Waals surface area (Å²) in [5.74, 6) is 0. The summed E-state index contributed by atoms with van der Waals surface area (Å²) in [7, 11) is 0. The molecule has 2 aromatic carbocycles. The van der Waals surface area contributed by atoms with Crippen LogP contribution in [0.4, 0.5) is 4.79 Å². The van der Waals surface area contributed by atoms with Crippen LogP contribution in [0.25, 0.3) is 0 Å². The van der Waals surface area contributed by atoms with Crippen LogP contribution >= 0.6 is 0 Å². The second kappa shape index (κ2) is 8.52. The van der Waals surface area contributed by atoms with Crippen LogP contribution in [0.5, 0.6) is 0 Å². The molecule has 27 heavy (non-hydrogen) atoms. The Balaban J connectivity index is 1.24. The average Bonchev–Trinajstić information content (AvgIpc) is 3.29. The average molecular weight is 369 g/mol. The molecule has 0 aliphatic carbocycles. The van der Waals surface area contributed by atoms with Crippen LogP contribution in [0.15, 0.2) is 60.7 Å². The highest BCUT2D eigenvalue weighted by molar-refractivity contribution is 5.67. The fourth-order valence-electron chi connectivity index (χ4n) is 3.40. The molecule has 0 spiro atoms. The Morgan fingerprint density at radius 3 is 2.19 bits per heavy atom. The molecule has 0 radical (unpaired) electrons. The third-order valence-corrected chi connectivity index (χ3v) is 4.81. The minimum atomic E-state index is -0.467. The van der Waals surface area contributed by atoms with Gasteiger partial charge in [0, 0.05) is 6.54 Å². The molecule has 2 saturated heterocycles. The molecule has 0 bridgehead atoms. The van der Waals surface area contributed by atoms with E-state index in [9.17, 15) is 4.79 Å². The maximum atomic E-state index is 12.1. The molecule has 2 aliphatic rings. The van der Waals surface area contributed by atoms with Crippen molar-refractivity contribution in [1.82, 2.24) is 5.32 Å². The second-order valence-corrected chi connectivity index (χ2v) is 6.71. The van der Waals surface area contributed by atoms with E-state index in [1.54, 1.807) is 0 Å². The zero-order valence-electron chi connectivity index (χ0n) is 15.0. The highest BCUT2D eigenvalue weighted by Gasteiger charge is 2.50. The minimum absolute atomic E-state index is 0.156. The minimum Gasteiger partial charge on any atom is -0.441 e. The zero-order valence-corrected chi connectivity index (χ0v) is 15.0. The van der Waals surface area contributed by atoms with Gasteiger partial charge in [-0.15, -0.1) is 0 Å². The number of carbonyl (C=O) groups excluding carboxylic acids is 1. The van der Waals surface area contributed by atoms with Gasteiger partial charge in [-0.25, -0.2) is 4.79 Å². The summed E-state index contributed by atoms with van der Waals surface area (Å²) >= 11 is 0. The Morgan fingerprint density at radius 2 is 1.48 bits per heavy atom. The molecule has 0 unspecified atom stereocenters. The highest BCUT2D eigenvalue weighted by Crippen LogP contribution is 2.31. The van der Waals surface area contributed by atoms with Crippen molar-refractivity contribution in [2.75, 3.05) is 13.2 Å². The SMILES string of the molecule is O=C(NCc1ccccc1)O[C@H]1CO[C@H]2[C@@H]1OC[C@H]2OCc1ccccc1. The molecule has 1 amide bonds. The number of ether oxygens (including phenoxy) is 4. The number of alkyl carbamates (subject to hydrolysis) is 1. The Morgan fingerprint density at radius 1 is 0.889 bits per heavy atom. The molecule has 4 rings (SSSR count). The fraction of sp³-hybridized carbons (Fsp3) is 0.381. The molecule has 0 aromatic heterocycles. The smallest absolute Gasteiger partial charge is 0.407 e. The summed E-state index contributed by atoms with van der Waals surface area (Å²) in [4.78, 5) is 12.1. The summed E-state index contributed by atoms with van der Waals surface area (Å²) in [6, 6.07) is 19.7. The van der Waals surface area contributed by atoms with Crippen molar-refractivity contribution in [2.45, 2.75) is 37.6 Å². The largest absolute Gasteiger partial charge is 0.441 e. The van der Waals surface area contributed by atoms with Crippen LogP contribution in [0, 0.1) is 0 Å². The van der Waals surface area contributed by atoms with E-state index in [2.05, 4.69) is 5.32 Å². The van der Waals surface area contributed by atoms with Gasteiger partial charge in [0.25, 0.3) is 0 Å². The van der Waals surface area contributed by atoms with Crippen LogP contribution in [0.1, 0.15) is 11.1 Å². The van der Waals surface area contributed by atoms with E-state index >= 15 is 0 Å². The number of nitrogens with one attached hydrogen (secondary N) is 1. The zero-order chi connectivity index (χ0) is 18.5. The van der Waals surface area contributed by atoms with Gasteiger partial charge in [-0.05, 0) is 11.1 Å². The molecule has 0 saturated carbocycles. The van der Waals surface area contributed by atoms with E-state index < -0.39 is 12.2 Å². The van der Waals surface area contributed by atoms with Crippen molar-refractivity contribution in [3.05, 3.63) is 71.8 Å². The first-order chi connectivity index (χ1) is 13.3. The third kappa shape index (κ3) is 4.47. The number of rotatable bonds is 6. The normalized spacial score (nSPS) is 26.5. The molecule has 2 aromatic rings. The summed E-state index contributed by atoms with van der Waals surface area (Å²) < 4.78 is 23.1. The molecule has 6 nitrogen and oxygen atoms in total. The van der Waals surface area contributed by atoms with E-state index in [0.717, 1.165) is 11.1 Å². The Bertz CT molecular complexity index is 739. The first kappa shape index (κ1) is 18.0. The van der Waals surface area contributed by atoms with Gasteiger partial charge in [0.1, 0.15) is 18.3 Å². The molecule has 2 fully saturated rings. The third-order valence-electron chi connectivity index (χ3n) is 4.81. The molecule has 2 heterocycles. The van der Waals surface area contributed by atoms with Gasteiger partial charge in [0.2, 0.25) is 0 Å². The molecular weight excluding hydrogens is 346 g/mol. The number of carbonyl (C=O) groups is 1. The Labute approximate surface area is 158 Å². The number of hydrogen-bond donors (Lipinski definition) is 1. The van der Waals surface area contributed by atoms with Gasteiger partial charge >= 0.3 is 6.09 Å². The second-order valence-electron chi connectivity index (χ2n) is 6.71. The molecule has 142 valence electrons. The van der Waals surface area contributed by atoms with E-state index in [-0.39, 0.29) is 18.3 Å². The van der Waals surface area contributed by atoms with E-state index in [1.807, 2.05) is 60.7 Å². The van der Waals surface area contributed by atoms with Gasteiger partial charge in [-0.2, -0.15) is 0 Å². The lowest BCUT2D eigenvalue weighted by molar-refractivity contribution is -0.0450. The van der Waals surface area contributed by atoms with E-state index in [4.69, 9.17) is 18.9 Å². The molecule has 2 aliphatic heterocycles. The lowest BCUT2D eigenvalue weighted by Crippen LogP contribution is -2.37. The van der Waals surface area contributed by atoms with Crippen LogP contribution in [-0.2, 0) is 32.1 Å². The van der Waals surface area contributed by atoms with Crippen LogP contribution < -0.4 is 5.32 Å². The van der Waals surface area contributed by atoms with Crippen molar-refractivity contribution >= 4 is 6.09 Å². The number of amides is 1. The topological polar surface area (TPSA) is 66.0 Å². The summed E-state index contributed by atoms with van der Waals surface area (Å²) in [5, 5.41) is 2.76. The van der Waals surface area contributed by atoms with Gasteiger partial charge in [-0.3, -0.25) is 0 Å². The van der Waals surface area contributed by atoms with Crippen LogP contribution in [0.2, 0.25) is 0 Å². The molecule has 6 heteroatoms. The van der Waals surface area contributed by atoms with E-state index in [1.165, 1.54) is 0 Å². The summed E-state index contributed by atoms with van der Waals surface area (Å²) in [5.41, 5.74) is 2.12. The van der Waals surface area contributed by atoms with Gasteiger partial charge in [-0.1, -0.05) is 60.7 Å². The quantitative estimate of drug-likeness (QED) is 0.848. The summed E-state index contributed by atoms with van der Waals surface area (Å²) in [6.07, 6.45) is -1.54. The van der Waals surface area contributed by atoms with E-state index in [0.29, 0.717) is 26.4 Å². The predicted octanol–water partition coefficient (Wildman–Crippen LogP) is 2.66. The van der Waals surface area contributed by atoms with Crippen molar-refractivity contribution in [3.63, 3.8) is 0 Å². The van der Waals surface area contributed by atoms with Gasteiger partial charge in [0.05, 0.1) is 19.8 Å². The number of hydrogen-bond acceptors (Lipinski definition) is 5. The van der Waals surface area contributed by atoms with Crippen molar-refractivity contribution in [2.24, 2.45) is 0 Å². The Kier molecular flexibility index (Phi) is 5.67. The van der Waals surface area contributed by atoms with Crippen molar-refractivity contribution in [1.29, 1.82) is 0 Å². The Hall–Kier alpha value is -2.41. The maximum absolute atomic E-state index is 12.1. The first-order valence-electron chi connectivity index (χ1n) is 9.17. The van der Waals surface area contributed by atoms with Crippen molar-refractivity contribution in [3.8, 4) is 0 Å². The van der Waals surface area contributed by atoms with Gasteiger partial charge < -0.3 is 24.3 Å². The lowest BCUT2D eigenvalue weighted by atomic mass is 10.1. The first-order valence-corrected chi connectivity index (χ1v) is 9.17. The molecule has 1 N–H and O–H groups in total. The predicted molar refractivity (Wildman–Crippen MR) is 98.0 cm³/mol. The van der Waals surface area contributed by atoms with Crippen LogP contribution in [-0.4, -0.2) is 43.7 Å². The number of benzene rings is 2. The fourth-order valence-corrected chi connectivity index (χ4v) is 3.40. The number of fused-ring (bicyclic) bond motifs is 1. The summed E-state index contributed by atoms with van der Waals surface area (Å²) in [6.45, 7) is 1.68. The van der Waals surface area contributed by atoms with Gasteiger partial charge in [0.15, 0.2) is 6.10 Å².